The number of nitrogens with zero attached hydrogens (tertiary/aromatic N) is 2. The van der Waals surface area contributed by atoms with E-state index >= 15 is 0 Å². The monoisotopic (exact) mass is 347 g/mol. The highest BCUT2D eigenvalue weighted by molar-refractivity contribution is 6.01. The first-order valence-electron chi connectivity index (χ1n) is 9.54. The number of aromatic nitrogens is 2. The molecule has 1 atom stereocenters. The maximum absolute atomic E-state index is 13.2. The van der Waals surface area contributed by atoms with Gasteiger partial charge in [-0.3, -0.25) is 9.78 Å². The minimum absolute atomic E-state index is 0.147. The minimum atomic E-state index is 0.147. The second kappa shape index (κ2) is 7.32. The number of hydrogen-bond acceptors (Lipinski definition) is 2. The fraction of sp³-hybridized carbons (Fsp3) is 0.364. The van der Waals surface area contributed by atoms with Crippen molar-refractivity contribution < 1.29 is 4.79 Å². The van der Waals surface area contributed by atoms with Gasteiger partial charge < -0.3 is 9.88 Å². The van der Waals surface area contributed by atoms with Crippen LogP contribution in [0, 0.1) is 5.92 Å². The molecule has 0 bridgehead atoms. The predicted octanol–water partition coefficient (Wildman–Crippen LogP) is 4.22. The molecule has 1 N–H and O–H groups in total. The van der Waals surface area contributed by atoms with Gasteiger partial charge in [0.25, 0.3) is 5.91 Å². The first-order valence-corrected chi connectivity index (χ1v) is 9.54. The number of likely N-dealkylation sites (tertiary alicyclic amines) is 1. The number of H-pyrrole nitrogens is 1. The second-order valence-electron chi connectivity index (χ2n) is 7.20. The first-order chi connectivity index (χ1) is 12.8. The van der Waals surface area contributed by atoms with Crippen molar-refractivity contribution in [3.05, 3.63) is 65.6 Å². The van der Waals surface area contributed by atoms with Crippen LogP contribution in [-0.4, -0.2) is 33.9 Å². The number of carbonyl (C=O) groups excluding carboxylic acids is 1. The zero-order valence-corrected chi connectivity index (χ0v) is 15.2. The Morgan fingerprint density at radius 2 is 2.15 bits per heavy atom. The number of pyridine rings is 1. The fourth-order valence-corrected chi connectivity index (χ4v) is 4.18. The van der Waals surface area contributed by atoms with Gasteiger partial charge in [-0.2, -0.15) is 0 Å². The lowest BCUT2D eigenvalue weighted by Crippen LogP contribution is -2.41. The minimum Gasteiger partial charge on any atom is -0.350 e. The molecule has 26 heavy (non-hydrogen) atoms. The molecule has 4 nitrogen and oxygen atoms in total. The van der Waals surface area contributed by atoms with E-state index in [1.165, 1.54) is 17.4 Å². The summed E-state index contributed by atoms with van der Waals surface area (Å²) in [7, 11) is 0. The van der Waals surface area contributed by atoms with Crippen LogP contribution in [0.5, 0.6) is 0 Å². The van der Waals surface area contributed by atoms with Gasteiger partial charge in [-0.15, -0.1) is 0 Å². The average molecular weight is 347 g/mol. The highest BCUT2D eigenvalue weighted by Gasteiger charge is 2.27. The summed E-state index contributed by atoms with van der Waals surface area (Å²) in [6, 6.07) is 12.3. The molecule has 0 saturated carbocycles. The molecule has 4 heteroatoms. The third-order valence-corrected chi connectivity index (χ3v) is 5.43. The van der Waals surface area contributed by atoms with Gasteiger partial charge in [0, 0.05) is 36.4 Å². The van der Waals surface area contributed by atoms with Crippen molar-refractivity contribution in [2.24, 2.45) is 5.92 Å². The molecule has 1 aliphatic heterocycles. The average Bonchev–Trinajstić information content (AvgIpc) is 3.07. The summed E-state index contributed by atoms with van der Waals surface area (Å²) in [4.78, 5) is 22.9. The fourth-order valence-electron chi connectivity index (χ4n) is 4.18. The summed E-state index contributed by atoms with van der Waals surface area (Å²) in [5, 5.41) is 1.17. The Kier molecular flexibility index (Phi) is 4.74. The highest BCUT2D eigenvalue weighted by Crippen LogP contribution is 2.27. The van der Waals surface area contributed by atoms with Crippen LogP contribution >= 0.6 is 0 Å². The Hall–Kier alpha value is -2.62. The summed E-state index contributed by atoms with van der Waals surface area (Å²) in [6.45, 7) is 3.79. The van der Waals surface area contributed by atoms with E-state index in [0.29, 0.717) is 5.92 Å². The van der Waals surface area contributed by atoms with Crippen LogP contribution in [0.1, 0.15) is 41.4 Å². The largest absolute Gasteiger partial charge is 0.350 e. The molecule has 3 aromatic rings. The van der Waals surface area contributed by atoms with E-state index in [2.05, 4.69) is 29.0 Å². The standard InChI is InChI=1S/C22H25N3O/c1-2-18-19-9-3-4-10-20(19)24-21(18)22(26)25-12-6-8-17(15-25)13-16-7-5-11-23-14-16/h3-5,7,9-11,14,17,24H,2,6,8,12-13,15H2,1H3/t17-/m1/s1. The number of nitrogens with one attached hydrogen (secondary N) is 1. The van der Waals surface area contributed by atoms with Gasteiger partial charge in [-0.25, -0.2) is 0 Å². The van der Waals surface area contributed by atoms with Gasteiger partial charge >= 0.3 is 0 Å². The number of benzene rings is 1. The maximum Gasteiger partial charge on any atom is 0.270 e. The molecule has 0 unspecified atom stereocenters. The van der Waals surface area contributed by atoms with E-state index in [-0.39, 0.29) is 5.91 Å². The zero-order chi connectivity index (χ0) is 17.9. The molecule has 3 heterocycles. The summed E-state index contributed by atoms with van der Waals surface area (Å²) >= 11 is 0. The molecule has 1 amide bonds. The number of amides is 1. The normalized spacial score (nSPS) is 17.6. The smallest absolute Gasteiger partial charge is 0.270 e. The van der Waals surface area contributed by atoms with Crippen molar-refractivity contribution in [3.63, 3.8) is 0 Å². The van der Waals surface area contributed by atoms with Gasteiger partial charge in [-0.1, -0.05) is 31.2 Å². The van der Waals surface area contributed by atoms with Gasteiger partial charge in [-0.05, 0) is 54.9 Å². The van der Waals surface area contributed by atoms with Crippen molar-refractivity contribution in [2.75, 3.05) is 13.1 Å². The lowest BCUT2D eigenvalue weighted by Gasteiger charge is -2.33. The third kappa shape index (κ3) is 3.24. The van der Waals surface area contributed by atoms with Crippen molar-refractivity contribution in [3.8, 4) is 0 Å². The van der Waals surface area contributed by atoms with E-state index < -0.39 is 0 Å². The highest BCUT2D eigenvalue weighted by atomic mass is 16.2. The quantitative estimate of drug-likeness (QED) is 0.768. The van der Waals surface area contributed by atoms with Crippen molar-refractivity contribution in [1.29, 1.82) is 0 Å². The Balaban J connectivity index is 1.54. The van der Waals surface area contributed by atoms with Crippen molar-refractivity contribution in [2.45, 2.75) is 32.6 Å². The second-order valence-corrected chi connectivity index (χ2v) is 7.20. The number of para-hydroxylation sites is 1. The van der Waals surface area contributed by atoms with Crippen LogP contribution in [0.4, 0.5) is 0 Å². The molecular weight excluding hydrogens is 322 g/mol. The number of piperidine rings is 1. The lowest BCUT2D eigenvalue weighted by molar-refractivity contribution is 0.0667. The Bertz CT molecular complexity index is 900. The summed E-state index contributed by atoms with van der Waals surface area (Å²) in [5.41, 5.74) is 4.22. The first kappa shape index (κ1) is 16.8. The SMILES string of the molecule is CCc1c(C(=O)N2CCC[C@H](Cc3cccnc3)C2)[nH]c2ccccc12. The predicted molar refractivity (Wildman–Crippen MR) is 104 cm³/mol. The van der Waals surface area contributed by atoms with E-state index in [1.807, 2.05) is 41.6 Å². The van der Waals surface area contributed by atoms with Gasteiger partial charge in [0.05, 0.1) is 0 Å². The van der Waals surface area contributed by atoms with E-state index in [4.69, 9.17) is 0 Å². The molecule has 0 radical (unpaired) electrons. The maximum atomic E-state index is 13.2. The topological polar surface area (TPSA) is 49.0 Å². The number of carbonyl (C=O) groups is 1. The number of hydrogen-bond donors (Lipinski definition) is 1. The summed E-state index contributed by atoms with van der Waals surface area (Å²) in [6.07, 6.45) is 7.84. The molecule has 1 aliphatic rings. The molecule has 0 spiro atoms. The van der Waals surface area contributed by atoms with Crippen LogP contribution in [0.25, 0.3) is 10.9 Å². The van der Waals surface area contributed by atoms with Crippen LogP contribution in [0.2, 0.25) is 0 Å². The van der Waals surface area contributed by atoms with Crippen LogP contribution < -0.4 is 0 Å². The van der Waals surface area contributed by atoms with Crippen LogP contribution in [0.15, 0.2) is 48.8 Å². The van der Waals surface area contributed by atoms with Gasteiger partial charge in [0.1, 0.15) is 5.69 Å². The van der Waals surface area contributed by atoms with Crippen LogP contribution in [-0.2, 0) is 12.8 Å². The van der Waals surface area contributed by atoms with Gasteiger partial charge in [0.2, 0.25) is 0 Å². The Labute approximate surface area is 154 Å². The number of aromatic amines is 1. The molecular formula is C22H25N3O. The number of fused-ring (bicyclic) bond motifs is 1. The van der Waals surface area contributed by atoms with Gasteiger partial charge in [0.15, 0.2) is 0 Å². The molecule has 1 saturated heterocycles. The number of rotatable bonds is 4. The molecule has 1 fully saturated rings. The summed E-state index contributed by atoms with van der Waals surface area (Å²) < 4.78 is 0. The zero-order valence-electron chi connectivity index (χ0n) is 15.2. The van der Waals surface area contributed by atoms with E-state index in [9.17, 15) is 4.79 Å². The molecule has 1 aromatic carbocycles. The molecule has 0 aliphatic carbocycles. The van der Waals surface area contributed by atoms with Crippen LogP contribution in [0.3, 0.4) is 0 Å². The third-order valence-electron chi connectivity index (χ3n) is 5.43. The Morgan fingerprint density at radius 3 is 2.96 bits per heavy atom. The van der Waals surface area contributed by atoms with Crippen molar-refractivity contribution >= 4 is 16.8 Å². The van der Waals surface area contributed by atoms with E-state index in [0.717, 1.165) is 49.1 Å². The lowest BCUT2D eigenvalue weighted by atomic mass is 9.91. The molecule has 2 aromatic heterocycles. The Morgan fingerprint density at radius 1 is 1.27 bits per heavy atom. The summed E-state index contributed by atoms with van der Waals surface area (Å²) in [5.74, 6) is 0.653. The molecule has 4 rings (SSSR count). The molecule has 134 valence electrons. The number of aryl methyl sites for hydroxylation is 1. The van der Waals surface area contributed by atoms with E-state index in [1.54, 1.807) is 0 Å². The van der Waals surface area contributed by atoms with Crippen molar-refractivity contribution in [1.82, 2.24) is 14.9 Å².